The zero-order chi connectivity index (χ0) is 13.7. The van der Waals surface area contributed by atoms with Gasteiger partial charge in [-0.05, 0) is 11.6 Å². The number of nitrogens with zero attached hydrogens (tertiary/aromatic N) is 2. The molecule has 100 valence electrons. The molecule has 0 saturated heterocycles. The van der Waals surface area contributed by atoms with Crippen LogP contribution in [0.5, 0.6) is 0 Å². The number of benzene rings is 1. The number of alkyl halides is 1. The molecule has 2 rings (SSSR count). The Balaban J connectivity index is 2.03. The molecule has 1 aromatic heterocycles. The first-order valence-electron chi connectivity index (χ1n) is 5.84. The maximum absolute atomic E-state index is 12.1. The van der Waals surface area contributed by atoms with Crippen molar-refractivity contribution in [1.82, 2.24) is 9.78 Å². The lowest BCUT2D eigenvalue weighted by Gasteiger charge is -2.06. The van der Waals surface area contributed by atoms with Crippen LogP contribution in [-0.2, 0) is 13.1 Å². The van der Waals surface area contributed by atoms with Crippen LogP contribution in [-0.4, -0.2) is 27.5 Å². The SMILES string of the molecule is O=C(O)c1ccccc1CNc1cnn(CCF)c1. The van der Waals surface area contributed by atoms with Crippen molar-refractivity contribution in [2.24, 2.45) is 0 Å². The Morgan fingerprint density at radius 3 is 2.95 bits per heavy atom. The summed E-state index contributed by atoms with van der Waals surface area (Å²) in [6.07, 6.45) is 3.27. The Kier molecular flexibility index (Phi) is 4.12. The molecule has 2 aromatic rings. The number of aryl methyl sites for hydroxylation is 1. The first kappa shape index (κ1) is 13.1. The van der Waals surface area contributed by atoms with Crippen LogP contribution in [0.1, 0.15) is 15.9 Å². The van der Waals surface area contributed by atoms with E-state index in [0.29, 0.717) is 12.1 Å². The van der Waals surface area contributed by atoms with Gasteiger partial charge in [-0.25, -0.2) is 9.18 Å². The quantitative estimate of drug-likeness (QED) is 0.838. The molecule has 19 heavy (non-hydrogen) atoms. The number of aromatic nitrogens is 2. The number of hydrogen-bond donors (Lipinski definition) is 2. The molecular formula is C13H14FN3O2. The van der Waals surface area contributed by atoms with Gasteiger partial charge in [-0.1, -0.05) is 18.2 Å². The van der Waals surface area contributed by atoms with E-state index in [0.717, 1.165) is 5.69 Å². The lowest BCUT2D eigenvalue weighted by molar-refractivity contribution is 0.0696. The molecule has 0 aliphatic rings. The van der Waals surface area contributed by atoms with E-state index in [1.807, 2.05) is 0 Å². The molecule has 0 fully saturated rings. The topological polar surface area (TPSA) is 67.2 Å². The second-order valence-corrected chi connectivity index (χ2v) is 4.00. The van der Waals surface area contributed by atoms with Gasteiger partial charge < -0.3 is 10.4 Å². The van der Waals surface area contributed by atoms with E-state index in [1.165, 1.54) is 4.68 Å². The van der Waals surface area contributed by atoms with Gasteiger partial charge in [-0.3, -0.25) is 4.68 Å². The number of carboxylic acid groups (broad SMARTS) is 1. The second kappa shape index (κ2) is 5.99. The van der Waals surface area contributed by atoms with Crippen LogP contribution in [0.4, 0.5) is 10.1 Å². The van der Waals surface area contributed by atoms with Crippen LogP contribution in [0.25, 0.3) is 0 Å². The molecule has 0 aliphatic carbocycles. The average Bonchev–Trinajstić information content (AvgIpc) is 2.85. The Bertz CT molecular complexity index is 569. The van der Waals surface area contributed by atoms with Gasteiger partial charge in [-0.2, -0.15) is 5.10 Å². The van der Waals surface area contributed by atoms with Gasteiger partial charge in [0.05, 0.1) is 24.0 Å². The minimum atomic E-state index is -0.953. The molecule has 1 heterocycles. The first-order chi connectivity index (χ1) is 9.20. The Morgan fingerprint density at radius 2 is 2.21 bits per heavy atom. The Hall–Kier alpha value is -2.37. The van der Waals surface area contributed by atoms with Gasteiger partial charge >= 0.3 is 5.97 Å². The maximum Gasteiger partial charge on any atom is 0.336 e. The van der Waals surface area contributed by atoms with Crippen molar-refractivity contribution >= 4 is 11.7 Å². The largest absolute Gasteiger partial charge is 0.478 e. The van der Waals surface area contributed by atoms with Gasteiger partial charge in [-0.15, -0.1) is 0 Å². The van der Waals surface area contributed by atoms with Crippen LogP contribution in [0, 0.1) is 0 Å². The molecule has 2 N–H and O–H groups in total. The minimum absolute atomic E-state index is 0.216. The number of carboxylic acids is 1. The summed E-state index contributed by atoms with van der Waals surface area (Å²) in [5, 5.41) is 16.1. The Morgan fingerprint density at radius 1 is 1.42 bits per heavy atom. The summed E-state index contributed by atoms with van der Waals surface area (Å²) in [5.74, 6) is -0.953. The van der Waals surface area contributed by atoms with E-state index in [4.69, 9.17) is 5.11 Å². The van der Waals surface area contributed by atoms with Crippen molar-refractivity contribution in [3.63, 3.8) is 0 Å². The summed E-state index contributed by atoms with van der Waals surface area (Å²) in [6.45, 7) is 0.125. The molecule has 0 atom stereocenters. The predicted octanol–water partition coefficient (Wildman–Crippen LogP) is 2.16. The third-order valence-corrected chi connectivity index (χ3v) is 2.68. The molecule has 0 bridgehead atoms. The molecule has 1 aromatic carbocycles. The predicted molar refractivity (Wildman–Crippen MR) is 68.9 cm³/mol. The molecule has 0 radical (unpaired) electrons. The van der Waals surface area contributed by atoms with Gasteiger partial charge in [0.15, 0.2) is 0 Å². The minimum Gasteiger partial charge on any atom is -0.478 e. The molecule has 0 amide bonds. The normalized spacial score (nSPS) is 10.4. The Labute approximate surface area is 109 Å². The van der Waals surface area contributed by atoms with Crippen LogP contribution in [0.3, 0.4) is 0 Å². The molecule has 0 unspecified atom stereocenters. The highest BCUT2D eigenvalue weighted by Gasteiger charge is 2.08. The lowest BCUT2D eigenvalue weighted by atomic mass is 10.1. The van der Waals surface area contributed by atoms with Crippen molar-refractivity contribution < 1.29 is 14.3 Å². The summed E-state index contributed by atoms with van der Waals surface area (Å²) in [5.41, 5.74) is 1.69. The third kappa shape index (κ3) is 3.31. The zero-order valence-electron chi connectivity index (χ0n) is 10.2. The van der Waals surface area contributed by atoms with Gasteiger partial charge in [0, 0.05) is 12.7 Å². The smallest absolute Gasteiger partial charge is 0.336 e. The van der Waals surface area contributed by atoms with E-state index < -0.39 is 12.6 Å². The van der Waals surface area contributed by atoms with E-state index in [-0.39, 0.29) is 12.1 Å². The molecule has 0 spiro atoms. The number of halogens is 1. The monoisotopic (exact) mass is 263 g/mol. The number of aromatic carboxylic acids is 1. The van der Waals surface area contributed by atoms with Crippen molar-refractivity contribution in [1.29, 1.82) is 0 Å². The summed E-state index contributed by atoms with van der Waals surface area (Å²) in [4.78, 5) is 11.0. The summed E-state index contributed by atoms with van der Waals surface area (Å²) in [7, 11) is 0. The fourth-order valence-electron chi connectivity index (χ4n) is 1.74. The van der Waals surface area contributed by atoms with Crippen molar-refractivity contribution in [3.8, 4) is 0 Å². The molecular weight excluding hydrogens is 249 g/mol. The van der Waals surface area contributed by atoms with Crippen molar-refractivity contribution in [3.05, 3.63) is 47.8 Å². The van der Waals surface area contributed by atoms with E-state index in [9.17, 15) is 9.18 Å². The summed E-state index contributed by atoms with van der Waals surface area (Å²) in [6, 6.07) is 6.79. The van der Waals surface area contributed by atoms with Crippen LogP contribution >= 0.6 is 0 Å². The number of nitrogens with one attached hydrogen (secondary N) is 1. The van der Waals surface area contributed by atoms with E-state index in [1.54, 1.807) is 36.7 Å². The number of carbonyl (C=O) groups is 1. The highest BCUT2D eigenvalue weighted by atomic mass is 19.1. The van der Waals surface area contributed by atoms with Crippen molar-refractivity contribution in [2.45, 2.75) is 13.1 Å². The second-order valence-electron chi connectivity index (χ2n) is 4.00. The van der Waals surface area contributed by atoms with E-state index >= 15 is 0 Å². The standard InChI is InChI=1S/C13H14FN3O2/c14-5-6-17-9-11(8-16-17)15-7-10-3-1-2-4-12(10)13(18)19/h1-4,8-9,15H,5-7H2,(H,18,19). The number of rotatable bonds is 6. The van der Waals surface area contributed by atoms with Crippen molar-refractivity contribution in [2.75, 3.05) is 12.0 Å². The molecule has 0 aliphatic heterocycles. The first-order valence-corrected chi connectivity index (χ1v) is 5.84. The summed E-state index contributed by atoms with van der Waals surface area (Å²) >= 11 is 0. The van der Waals surface area contributed by atoms with Gasteiger partial charge in [0.2, 0.25) is 0 Å². The fourth-order valence-corrected chi connectivity index (χ4v) is 1.74. The zero-order valence-corrected chi connectivity index (χ0v) is 10.2. The van der Waals surface area contributed by atoms with Crippen LogP contribution in [0.2, 0.25) is 0 Å². The summed E-state index contributed by atoms with van der Waals surface area (Å²) < 4.78 is 13.6. The van der Waals surface area contributed by atoms with Crippen LogP contribution in [0.15, 0.2) is 36.7 Å². The van der Waals surface area contributed by atoms with E-state index in [2.05, 4.69) is 10.4 Å². The number of hydrogen-bond acceptors (Lipinski definition) is 3. The maximum atomic E-state index is 12.1. The highest BCUT2D eigenvalue weighted by molar-refractivity contribution is 5.89. The molecule has 5 nitrogen and oxygen atoms in total. The van der Waals surface area contributed by atoms with Crippen LogP contribution < -0.4 is 5.32 Å². The molecule has 6 heteroatoms. The van der Waals surface area contributed by atoms with Gasteiger partial charge in [0.1, 0.15) is 6.67 Å². The highest BCUT2D eigenvalue weighted by Crippen LogP contribution is 2.12. The average molecular weight is 263 g/mol. The third-order valence-electron chi connectivity index (χ3n) is 2.68. The number of anilines is 1. The lowest BCUT2D eigenvalue weighted by Crippen LogP contribution is -2.06. The van der Waals surface area contributed by atoms with Gasteiger partial charge in [0.25, 0.3) is 0 Å². The molecule has 0 saturated carbocycles. The fraction of sp³-hybridized carbons (Fsp3) is 0.231.